The first-order valence-corrected chi connectivity index (χ1v) is 6.44. The Labute approximate surface area is 119 Å². The van der Waals surface area contributed by atoms with E-state index in [1.165, 1.54) is 0 Å². The highest BCUT2D eigenvalue weighted by molar-refractivity contribution is 6.00. The SMILES string of the molecule is COc1cc(C)c(C(=O)CN(C)CCC(=O)O)c(C)c1. The maximum absolute atomic E-state index is 12.3. The number of ether oxygens (including phenoxy) is 1. The van der Waals surface area contributed by atoms with Crippen molar-refractivity contribution in [2.45, 2.75) is 20.3 Å². The molecule has 0 atom stereocenters. The number of methoxy groups -OCH3 is 1. The molecule has 1 aromatic rings. The lowest BCUT2D eigenvalue weighted by atomic mass is 9.98. The molecule has 0 fully saturated rings. The van der Waals surface area contributed by atoms with Gasteiger partial charge < -0.3 is 9.84 Å². The Morgan fingerprint density at radius 2 is 1.80 bits per heavy atom. The molecule has 5 nitrogen and oxygen atoms in total. The molecule has 1 aromatic carbocycles. The fourth-order valence-corrected chi connectivity index (χ4v) is 2.17. The third-order valence-corrected chi connectivity index (χ3v) is 3.14. The molecule has 5 heteroatoms. The maximum Gasteiger partial charge on any atom is 0.304 e. The minimum absolute atomic E-state index is 0.00413. The van der Waals surface area contributed by atoms with Gasteiger partial charge in [0.2, 0.25) is 0 Å². The summed E-state index contributed by atoms with van der Waals surface area (Å²) >= 11 is 0. The fourth-order valence-electron chi connectivity index (χ4n) is 2.17. The van der Waals surface area contributed by atoms with Crippen molar-refractivity contribution in [2.75, 3.05) is 27.2 Å². The number of carbonyl (C=O) groups is 2. The van der Waals surface area contributed by atoms with Crippen molar-refractivity contribution in [3.8, 4) is 5.75 Å². The number of carboxylic acid groups (broad SMARTS) is 1. The Morgan fingerprint density at radius 1 is 1.25 bits per heavy atom. The lowest BCUT2D eigenvalue weighted by Crippen LogP contribution is -2.29. The molecule has 0 spiro atoms. The number of hydrogen-bond acceptors (Lipinski definition) is 4. The predicted molar refractivity (Wildman–Crippen MR) is 76.5 cm³/mol. The van der Waals surface area contributed by atoms with Crippen LogP contribution in [-0.2, 0) is 4.79 Å². The number of likely N-dealkylation sites (N-methyl/N-ethyl adjacent to an activating group) is 1. The molecule has 0 aliphatic rings. The molecule has 0 amide bonds. The van der Waals surface area contributed by atoms with Gasteiger partial charge in [0.25, 0.3) is 0 Å². The predicted octanol–water partition coefficient (Wildman–Crippen LogP) is 1.90. The average molecular weight is 279 g/mol. The number of ketones is 1. The number of nitrogens with zero attached hydrogens (tertiary/aromatic N) is 1. The van der Waals surface area contributed by atoms with Crippen molar-refractivity contribution >= 4 is 11.8 Å². The van der Waals surface area contributed by atoms with Crippen LogP contribution in [0.25, 0.3) is 0 Å². The lowest BCUT2D eigenvalue weighted by molar-refractivity contribution is -0.137. The number of carbonyl (C=O) groups excluding carboxylic acids is 1. The molecule has 0 bridgehead atoms. The topological polar surface area (TPSA) is 66.8 Å². The number of rotatable bonds is 7. The summed E-state index contributed by atoms with van der Waals surface area (Å²) in [5, 5.41) is 8.63. The Bertz CT molecular complexity index is 488. The van der Waals surface area contributed by atoms with Crippen LogP contribution in [0.3, 0.4) is 0 Å². The van der Waals surface area contributed by atoms with Crippen LogP contribution < -0.4 is 4.74 Å². The average Bonchev–Trinajstić information content (AvgIpc) is 2.35. The molecule has 0 radical (unpaired) electrons. The van der Waals surface area contributed by atoms with E-state index in [1.807, 2.05) is 26.0 Å². The molecule has 20 heavy (non-hydrogen) atoms. The number of hydrogen-bond donors (Lipinski definition) is 1. The first kappa shape index (κ1) is 16.2. The van der Waals surface area contributed by atoms with E-state index in [2.05, 4.69) is 0 Å². The number of benzene rings is 1. The molecular weight excluding hydrogens is 258 g/mol. The lowest BCUT2D eigenvalue weighted by Gasteiger charge is -2.17. The van der Waals surface area contributed by atoms with Gasteiger partial charge in [-0.2, -0.15) is 0 Å². The second-order valence-corrected chi connectivity index (χ2v) is 4.94. The number of Topliss-reactive ketones (excluding diaryl/α,β-unsaturated/α-hetero) is 1. The highest BCUT2D eigenvalue weighted by Gasteiger charge is 2.16. The molecular formula is C15H21NO4. The number of aryl methyl sites for hydroxylation is 2. The van der Waals surface area contributed by atoms with Crippen molar-refractivity contribution < 1.29 is 19.4 Å². The van der Waals surface area contributed by atoms with E-state index in [-0.39, 0.29) is 18.7 Å². The van der Waals surface area contributed by atoms with E-state index in [9.17, 15) is 9.59 Å². The summed E-state index contributed by atoms with van der Waals surface area (Å²) < 4.78 is 5.17. The summed E-state index contributed by atoms with van der Waals surface area (Å²) in [6, 6.07) is 3.66. The third-order valence-electron chi connectivity index (χ3n) is 3.14. The molecule has 0 saturated carbocycles. The largest absolute Gasteiger partial charge is 0.497 e. The van der Waals surface area contributed by atoms with Gasteiger partial charge in [0, 0.05) is 12.1 Å². The molecule has 0 unspecified atom stereocenters. The summed E-state index contributed by atoms with van der Waals surface area (Å²) in [6.07, 6.45) is 0.0321. The Balaban J connectivity index is 2.80. The van der Waals surface area contributed by atoms with Crippen molar-refractivity contribution in [1.82, 2.24) is 4.90 Å². The zero-order valence-corrected chi connectivity index (χ0v) is 12.4. The summed E-state index contributed by atoms with van der Waals surface area (Å²) in [5.74, 6) is -0.132. The van der Waals surface area contributed by atoms with Crippen molar-refractivity contribution in [3.05, 3.63) is 28.8 Å². The molecule has 1 rings (SSSR count). The van der Waals surface area contributed by atoms with Crippen LogP contribution in [0, 0.1) is 13.8 Å². The smallest absolute Gasteiger partial charge is 0.304 e. The summed E-state index contributed by atoms with van der Waals surface area (Å²) in [6.45, 7) is 4.32. The Hall–Kier alpha value is -1.88. The number of aliphatic carboxylic acids is 1. The minimum atomic E-state index is -0.860. The molecule has 0 aliphatic carbocycles. The van der Waals surface area contributed by atoms with Gasteiger partial charge in [0.15, 0.2) is 5.78 Å². The molecule has 0 aromatic heterocycles. The van der Waals surface area contributed by atoms with Crippen molar-refractivity contribution in [2.24, 2.45) is 0 Å². The zero-order valence-electron chi connectivity index (χ0n) is 12.4. The summed E-state index contributed by atoms with van der Waals surface area (Å²) in [4.78, 5) is 24.5. The van der Waals surface area contributed by atoms with E-state index in [0.717, 1.165) is 16.9 Å². The number of carboxylic acids is 1. The van der Waals surface area contributed by atoms with Crippen LogP contribution in [0.2, 0.25) is 0 Å². The molecule has 0 heterocycles. The first-order valence-electron chi connectivity index (χ1n) is 6.44. The van der Waals surface area contributed by atoms with E-state index < -0.39 is 5.97 Å². The van der Waals surface area contributed by atoms with Crippen molar-refractivity contribution in [3.63, 3.8) is 0 Å². The van der Waals surface area contributed by atoms with Crippen LogP contribution in [-0.4, -0.2) is 49.0 Å². The van der Waals surface area contributed by atoms with Gasteiger partial charge in [-0.15, -0.1) is 0 Å². The Morgan fingerprint density at radius 3 is 2.25 bits per heavy atom. The quantitative estimate of drug-likeness (QED) is 0.772. The van der Waals surface area contributed by atoms with Gasteiger partial charge in [-0.25, -0.2) is 0 Å². The highest BCUT2D eigenvalue weighted by Crippen LogP contribution is 2.22. The molecule has 0 saturated heterocycles. The first-order chi connectivity index (χ1) is 9.35. The fraction of sp³-hybridized carbons (Fsp3) is 0.467. The standard InChI is InChI=1S/C15H21NO4/c1-10-7-12(20-4)8-11(2)15(10)13(17)9-16(3)6-5-14(18)19/h7-8H,5-6,9H2,1-4H3,(H,18,19). The normalized spacial score (nSPS) is 10.7. The highest BCUT2D eigenvalue weighted by atomic mass is 16.5. The minimum Gasteiger partial charge on any atom is -0.497 e. The monoisotopic (exact) mass is 279 g/mol. The van der Waals surface area contributed by atoms with Crippen LogP contribution >= 0.6 is 0 Å². The molecule has 110 valence electrons. The van der Waals surface area contributed by atoms with Crippen LogP contribution in [0.4, 0.5) is 0 Å². The van der Waals surface area contributed by atoms with Gasteiger partial charge in [-0.05, 0) is 44.2 Å². The van der Waals surface area contributed by atoms with Gasteiger partial charge in [0.05, 0.1) is 20.1 Å². The van der Waals surface area contributed by atoms with Gasteiger partial charge >= 0.3 is 5.97 Å². The van der Waals surface area contributed by atoms with Crippen LogP contribution in [0.15, 0.2) is 12.1 Å². The molecule has 1 N–H and O–H groups in total. The van der Waals surface area contributed by atoms with Gasteiger partial charge in [0.1, 0.15) is 5.75 Å². The van der Waals surface area contributed by atoms with Gasteiger partial charge in [-0.3, -0.25) is 14.5 Å². The third kappa shape index (κ3) is 4.35. The summed E-state index contributed by atoms with van der Waals surface area (Å²) in [7, 11) is 3.34. The second-order valence-electron chi connectivity index (χ2n) is 4.94. The second kappa shape index (κ2) is 7.05. The van der Waals surface area contributed by atoms with Crippen LogP contribution in [0.1, 0.15) is 27.9 Å². The maximum atomic E-state index is 12.3. The van der Waals surface area contributed by atoms with E-state index in [4.69, 9.17) is 9.84 Å². The van der Waals surface area contributed by atoms with Crippen molar-refractivity contribution in [1.29, 1.82) is 0 Å². The van der Waals surface area contributed by atoms with Gasteiger partial charge in [-0.1, -0.05) is 0 Å². The van der Waals surface area contributed by atoms with E-state index in [0.29, 0.717) is 12.1 Å². The van der Waals surface area contributed by atoms with Crippen LogP contribution in [0.5, 0.6) is 5.75 Å². The van der Waals surface area contributed by atoms with E-state index in [1.54, 1.807) is 19.1 Å². The van der Waals surface area contributed by atoms with E-state index >= 15 is 0 Å². The zero-order chi connectivity index (χ0) is 15.3. The Kier molecular flexibility index (Phi) is 5.70. The summed E-state index contributed by atoms with van der Waals surface area (Å²) in [5.41, 5.74) is 2.44. The molecule has 0 aliphatic heterocycles.